The van der Waals surface area contributed by atoms with Crippen molar-refractivity contribution in [2.75, 3.05) is 0 Å². The first kappa shape index (κ1) is 21.8. The van der Waals surface area contributed by atoms with Gasteiger partial charge in [-0.15, -0.1) is 0 Å². The van der Waals surface area contributed by atoms with Crippen LogP contribution >= 0.6 is 0 Å². The largest absolute Gasteiger partial charge is 0.433 e. The lowest BCUT2D eigenvalue weighted by Crippen LogP contribution is -2.30. The molecule has 168 valence electrons. The van der Waals surface area contributed by atoms with Gasteiger partial charge in [-0.25, -0.2) is 4.68 Å². The number of amides is 1. The maximum absolute atomic E-state index is 13.0. The Morgan fingerprint density at radius 1 is 1.03 bits per heavy atom. The third kappa shape index (κ3) is 4.43. The van der Waals surface area contributed by atoms with Crippen LogP contribution in [0.5, 0.6) is 0 Å². The number of fused-ring (bicyclic) bond motifs is 1. The van der Waals surface area contributed by atoms with Crippen molar-refractivity contribution >= 4 is 5.91 Å². The Bertz CT molecular complexity index is 1140. The zero-order valence-electron chi connectivity index (χ0n) is 16.2. The Morgan fingerprint density at radius 3 is 2.44 bits per heavy atom. The summed E-state index contributed by atoms with van der Waals surface area (Å²) in [6.45, 7) is 0. The molecule has 0 unspecified atom stereocenters. The van der Waals surface area contributed by atoms with Crippen molar-refractivity contribution < 1.29 is 31.1 Å². The second-order valence-electron chi connectivity index (χ2n) is 7.22. The molecule has 0 spiro atoms. The number of hydrogen-bond donors (Lipinski definition) is 1. The van der Waals surface area contributed by atoms with Crippen LogP contribution in [-0.4, -0.2) is 25.7 Å². The molecule has 6 nitrogen and oxygen atoms in total. The lowest BCUT2D eigenvalue weighted by molar-refractivity contribution is -0.142. The minimum Gasteiger partial charge on any atom is -0.345 e. The number of hydrogen-bond acceptors (Lipinski definition) is 4. The molecule has 32 heavy (non-hydrogen) atoms. The van der Waals surface area contributed by atoms with Gasteiger partial charge < -0.3 is 5.32 Å². The van der Waals surface area contributed by atoms with Gasteiger partial charge in [0.05, 0.1) is 23.0 Å². The molecule has 1 aliphatic rings. The number of nitrogens with one attached hydrogen (secondary N) is 1. The summed E-state index contributed by atoms with van der Waals surface area (Å²) in [5.41, 5.74) is -0.776. The number of rotatable bonds is 3. The lowest BCUT2D eigenvalue weighted by Gasteiger charge is -2.22. The van der Waals surface area contributed by atoms with E-state index in [2.05, 4.69) is 20.4 Å². The number of aryl methyl sites for hydroxylation is 1. The second-order valence-corrected chi connectivity index (χ2v) is 7.22. The molecule has 0 bridgehead atoms. The minimum atomic E-state index is -4.61. The molecule has 1 atom stereocenters. The van der Waals surface area contributed by atoms with Gasteiger partial charge >= 0.3 is 12.4 Å². The molecule has 0 saturated heterocycles. The molecule has 1 aliphatic carbocycles. The van der Waals surface area contributed by atoms with E-state index in [1.54, 1.807) is 6.20 Å². The topological polar surface area (TPSA) is 72.7 Å². The van der Waals surface area contributed by atoms with Crippen molar-refractivity contribution in [3.05, 3.63) is 71.1 Å². The summed E-state index contributed by atoms with van der Waals surface area (Å²) in [5.74, 6) is -0.611. The average molecular weight is 455 g/mol. The molecule has 4 rings (SSSR count). The standard InChI is InChI=1S/C20H15F6N5O/c21-19(22,23)16-5-4-11(9-28-16)18(32)29-14-2-1-3-15-13(14)10-31(30-15)12-6-7-27-17(8-12)20(24,25)26/h4-10,14H,1-3H2,(H,29,32)/t14-/m1/s1. The number of pyridine rings is 2. The second kappa shape index (κ2) is 7.92. The van der Waals surface area contributed by atoms with E-state index in [9.17, 15) is 31.1 Å². The van der Waals surface area contributed by atoms with Crippen molar-refractivity contribution in [3.8, 4) is 5.69 Å². The highest BCUT2D eigenvalue weighted by Crippen LogP contribution is 2.32. The fourth-order valence-electron chi connectivity index (χ4n) is 3.47. The third-order valence-corrected chi connectivity index (χ3v) is 5.02. The number of halogens is 6. The SMILES string of the molecule is O=C(N[C@@H]1CCCc2nn(-c3ccnc(C(F)(F)F)c3)cc21)c1ccc(C(F)(F)F)nc1. The number of carbonyl (C=O) groups is 1. The van der Waals surface area contributed by atoms with Crippen molar-refractivity contribution in [3.63, 3.8) is 0 Å². The molecule has 1 amide bonds. The maximum Gasteiger partial charge on any atom is 0.433 e. The van der Waals surface area contributed by atoms with Crippen LogP contribution in [0.3, 0.4) is 0 Å². The number of aromatic nitrogens is 4. The highest BCUT2D eigenvalue weighted by atomic mass is 19.4. The van der Waals surface area contributed by atoms with Crippen LogP contribution in [-0.2, 0) is 18.8 Å². The molecule has 0 aliphatic heterocycles. The molecule has 3 aromatic rings. The van der Waals surface area contributed by atoms with E-state index in [4.69, 9.17) is 0 Å². The highest BCUT2D eigenvalue weighted by molar-refractivity contribution is 5.94. The van der Waals surface area contributed by atoms with E-state index < -0.39 is 35.7 Å². The van der Waals surface area contributed by atoms with Gasteiger partial charge in [0.25, 0.3) is 5.91 Å². The van der Waals surface area contributed by atoms with Crippen LogP contribution < -0.4 is 5.32 Å². The van der Waals surface area contributed by atoms with Crippen molar-refractivity contribution in [2.45, 2.75) is 37.7 Å². The van der Waals surface area contributed by atoms with Crippen LogP contribution in [0.15, 0.2) is 42.9 Å². The fourth-order valence-corrected chi connectivity index (χ4v) is 3.47. The van der Waals surface area contributed by atoms with Crippen LogP contribution in [0.2, 0.25) is 0 Å². The Kier molecular flexibility index (Phi) is 5.39. The van der Waals surface area contributed by atoms with Gasteiger partial charge in [0.1, 0.15) is 11.4 Å². The van der Waals surface area contributed by atoms with E-state index >= 15 is 0 Å². The third-order valence-electron chi connectivity index (χ3n) is 5.02. The zero-order chi connectivity index (χ0) is 23.1. The highest BCUT2D eigenvalue weighted by Gasteiger charge is 2.34. The summed E-state index contributed by atoms with van der Waals surface area (Å²) >= 11 is 0. The van der Waals surface area contributed by atoms with Gasteiger partial charge in [0, 0.05) is 24.2 Å². The smallest absolute Gasteiger partial charge is 0.345 e. The Labute approximate surface area is 177 Å². The summed E-state index contributed by atoms with van der Waals surface area (Å²) < 4.78 is 78.1. The Hall–Kier alpha value is -3.44. The normalized spacial score (nSPS) is 16.5. The van der Waals surface area contributed by atoms with E-state index in [0.29, 0.717) is 30.5 Å². The molecule has 1 N–H and O–H groups in total. The number of nitrogens with zero attached hydrogens (tertiary/aromatic N) is 4. The quantitative estimate of drug-likeness (QED) is 0.590. The molecule has 0 aromatic carbocycles. The van der Waals surface area contributed by atoms with Crippen molar-refractivity contribution in [1.29, 1.82) is 0 Å². The van der Waals surface area contributed by atoms with Crippen LogP contribution in [0.1, 0.15) is 51.9 Å². The maximum atomic E-state index is 13.0. The molecule has 0 radical (unpaired) electrons. The Balaban J connectivity index is 1.56. The first-order chi connectivity index (χ1) is 15.0. The van der Waals surface area contributed by atoms with E-state index in [1.807, 2.05) is 0 Å². The first-order valence-electron chi connectivity index (χ1n) is 9.48. The molecule has 3 heterocycles. The van der Waals surface area contributed by atoms with Gasteiger partial charge in [0.15, 0.2) is 0 Å². The predicted molar refractivity (Wildman–Crippen MR) is 98.7 cm³/mol. The Morgan fingerprint density at radius 2 is 1.78 bits per heavy atom. The van der Waals surface area contributed by atoms with Crippen molar-refractivity contribution in [1.82, 2.24) is 25.1 Å². The van der Waals surface area contributed by atoms with Gasteiger partial charge in [-0.05, 0) is 43.5 Å². The van der Waals surface area contributed by atoms with Gasteiger partial charge in [0.2, 0.25) is 0 Å². The van der Waals surface area contributed by atoms with E-state index in [-0.39, 0.29) is 11.3 Å². The lowest BCUT2D eigenvalue weighted by atomic mass is 9.93. The predicted octanol–water partition coefficient (Wildman–Crippen LogP) is 4.51. The summed E-state index contributed by atoms with van der Waals surface area (Å²) in [6.07, 6.45) is -3.99. The van der Waals surface area contributed by atoms with Crippen LogP contribution in [0.25, 0.3) is 5.69 Å². The summed E-state index contributed by atoms with van der Waals surface area (Å²) in [5, 5.41) is 7.09. The minimum absolute atomic E-state index is 0.0403. The molecule has 12 heteroatoms. The average Bonchev–Trinajstić information content (AvgIpc) is 3.18. The van der Waals surface area contributed by atoms with Gasteiger partial charge in [-0.2, -0.15) is 31.4 Å². The van der Waals surface area contributed by atoms with Crippen molar-refractivity contribution in [2.24, 2.45) is 0 Å². The van der Waals surface area contributed by atoms with Gasteiger partial charge in [-0.3, -0.25) is 14.8 Å². The zero-order valence-corrected chi connectivity index (χ0v) is 16.2. The molecular weight excluding hydrogens is 440 g/mol. The summed E-state index contributed by atoms with van der Waals surface area (Å²) in [6, 6.07) is 3.52. The summed E-state index contributed by atoms with van der Waals surface area (Å²) in [7, 11) is 0. The fraction of sp³-hybridized carbons (Fsp3) is 0.300. The summed E-state index contributed by atoms with van der Waals surface area (Å²) in [4.78, 5) is 19.1. The van der Waals surface area contributed by atoms with Crippen LogP contribution in [0, 0.1) is 0 Å². The van der Waals surface area contributed by atoms with E-state index in [1.165, 1.54) is 10.7 Å². The number of alkyl halides is 6. The first-order valence-corrected chi connectivity index (χ1v) is 9.48. The number of carbonyl (C=O) groups excluding carboxylic acids is 1. The molecule has 0 fully saturated rings. The monoisotopic (exact) mass is 455 g/mol. The van der Waals surface area contributed by atoms with Gasteiger partial charge in [-0.1, -0.05) is 0 Å². The van der Waals surface area contributed by atoms with Crippen LogP contribution in [0.4, 0.5) is 26.3 Å². The molecule has 3 aromatic heterocycles. The molecule has 0 saturated carbocycles. The molecular formula is C20H15F6N5O. The van der Waals surface area contributed by atoms with E-state index in [0.717, 1.165) is 30.6 Å².